The van der Waals surface area contributed by atoms with Gasteiger partial charge in [0.25, 0.3) is 5.91 Å². The maximum absolute atomic E-state index is 12.6. The van der Waals surface area contributed by atoms with Crippen molar-refractivity contribution in [2.45, 2.75) is 20.3 Å². The average Bonchev–Trinajstić information content (AvgIpc) is 2.73. The van der Waals surface area contributed by atoms with Crippen molar-refractivity contribution >= 4 is 63.7 Å². The van der Waals surface area contributed by atoms with Gasteiger partial charge in [-0.3, -0.25) is 14.9 Å². The molecule has 1 fully saturated rings. The first kappa shape index (κ1) is 23.3. The molecule has 3 rings (SSSR count). The Kier molecular flexibility index (Phi) is 7.75. The fraction of sp³-hybridized carbons (Fsp3) is 0.318. The molecule has 0 radical (unpaired) electrons. The maximum Gasteiger partial charge on any atom is 0.258 e. The summed E-state index contributed by atoms with van der Waals surface area (Å²) in [6.07, 6.45) is 0.507. The van der Waals surface area contributed by atoms with Crippen LogP contribution in [0.5, 0.6) is 0 Å². The average molecular weight is 479 g/mol. The van der Waals surface area contributed by atoms with Gasteiger partial charge in [0.15, 0.2) is 5.11 Å². The van der Waals surface area contributed by atoms with Crippen molar-refractivity contribution < 1.29 is 9.59 Å². The molecule has 0 atom stereocenters. The number of hydrogen-bond acceptors (Lipinski definition) is 4. The molecule has 31 heavy (non-hydrogen) atoms. The second kappa shape index (κ2) is 10.3. The summed E-state index contributed by atoms with van der Waals surface area (Å²) < 4.78 is 0. The number of piperazine rings is 1. The number of aryl methyl sites for hydroxylation is 1. The molecule has 2 aromatic carbocycles. The number of rotatable bonds is 4. The fourth-order valence-corrected chi connectivity index (χ4v) is 4.13. The van der Waals surface area contributed by atoms with Crippen LogP contribution in [0.3, 0.4) is 0 Å². The molecule has 2 aromatic rings. The first-order valence-corrected chi connectivity index (χ1v) is 11.2. The van der Waals surface area contributed by atoms with Crippen molar-refractivity contribution in [3.63, 3.8) is 0 Å². The van der Waals surface area contributed by atoms with Crippen molar-refractivity contribution in [2.75, 3.05) is 36.4 Å². The van der Waals surface area contributed by atoms with Crippen LogP contribution in [0.4, 0.5) is 11.4 Å². The van der Waals surface area contributed by atoms with E-state index in [0.29, 0.717) is 53.9 Å². The summed E-state index contributed by atoms with van der Waals surface area (Å²) in [5.74, 6) is -0.231. The van der Waals surface area contributed by atoms with E-state index >= 15 is 0 Å². The SMILES string of the molecule is CCC(=O)N1CCN(c2ccc(Cl)cc2NC(=S)NC(=O)c2ccc(C)cc2Cl)CC1. The van der Waals surface area contributed by atoms with E-state index in [4.69, 9.17) is 35.4 Å². The van der Waals surface area contributed by atoms with Crippen LogP contribution in [0.1, 0.15) is 29.3 Å². The molecule has 1 aliphatic rings. The molecule has 164 valence electrons. The number of carbonyl (C=O) groups is 2. The summed E-state index contributed by atoms with van der Waals surface area (Å²) in [5, 5.41) is 6.79. The molecular formula is C22H24Cl2N4O2S. The predicted molar refractivity (Wildman–Crippen MR) is 130 cm³/mol. The second-order valence-corrected chi connectivity index (χ2v) is 8.53. The molecule has 0 aromatic heterocycles. The normalized spacial score (nSPS) is 13.7. The molecule has 0 saturated carbocycles. The molecule has 1 heterocycles. The summed E-state index contributed by atoms with van der Waals surface area (Å²) >= 11 is 17.7. The number of carbonyl (C=O) groups excluding carboxylic acids is 2. The van der Waals surface area contributed by atoms with Crippen molar-refractivity contribution in [3.05, 3.63) is 57.6 Å². The van der Waals surface area contributed by atoms with Crippen LogP contribution in [0.25, 0.3) is 0 Å². The zero-order valence-electron chi connectivity index (χ0n) is 17.4. The van der Waals surface area contributed by atoms with Gasteiger partial charge < -0.3 is 15.1 Å². The summed E-state index contributed by atoms with van der Waals surface area (Å²) in [6, 6.07) is 10.7. The van der Waals surface area contributed by atoms with Gasteiger partial charge in [0.1, 0.15) is 0 Å². The smallest absolute Gasteiger partial charge is 0.258 e. The Labute approximate surface area is 197 Å². The third-order valence-electron chi connectivity index (χ3n) is 5.08. The van der Waals surface area contributed by atoms with E-state index in [-0.39, 0.29) is 11.0 Å². The lowest BCUT2D eigenvalue weighted by atomic mass is 10.1. The van der Waals surface area contributed by atoms with Gasteiger partial charge in [-0.15, -0.1) is 0 Å². The van der Waals surface area contributed by atoms with Crippen molar-refractivity contribution in [1.29, 1.82) is 0 Å². The van der Waals surface area contributed by atoms with Crippen LogP contribution in [0.2, 0.25) is 10.0 Å². The van der Waals surface area contributed by atoms with Crippen LogP contribution in [0.15, 0.2) is 36.4 Å². The number of benzene rings is 2. The molecule has 6 nitrogen and oxygen atoms in total. The van der Waals surface area contributed by atoms with Gasteiger partial charge in [-0.1, -0.05) is 36.2 Å². The molecule has 1 saturated heterocycles. The van der Waals surface area contributed by atoms with Gasteiger partial charge in [0.05, 0.1) is 22.0 Å². The highest BCUT2D eigenvalue weighted by Crippen LogP contribution is 2.30. The Morgan fingerprint density at radius 3 is 2.42 bits per heavy atom. The summed E-state index contributed by atoms with van der Waals surface area (Å²) in [7, 11) is 0. The standard InChI is InChI=1S/C22H24Cl2N4O2S/c1-3-20(29)28-10-8-27(9-11-28)19-7-5-15(23)13-18(19)25-22(31)26-21(30)16-6-4-14(2)12-17(16)24/h4-7,12-13H,3,8-11H2,1-2H3,(H2,25,26,30,31). The number of hydrogen-bond donors (Lipinski definition) is 2. The lowest BCUT2D eigenvalue weighted by Gasteiger charge is -2.37. The molecule has 0 bridgehead atoms. The highest BCUT2D eigenvalue weighted by atomic mass is 35.5. The van der Waals surface area contributed by atoms with E-state index in [2.05, 4.69) is 15.5 Å². The maximum atomic E-state index is 12.6. The van der Waals surface area contributed by atoms with E-state index < -0.39 is 5.91 Å². The second-order valence-electron chi connectivity index (χ2n) is 7.27. The predicted octanol–water partition coefficient (Wildman–Crippen LogP) is 4.49. The van der Waals surface area contributed by atoms with Crippen molar-refractivity contribution in [3.8, 4) is 0 Å². The number of thiocarbonyl (C=S) groups is 1. The molecule has 0 spiro atoms. The molecule has 2 amide bonds. The minimum Gasteiger partial charge on any atom is -0.366 e. The van der Waals surface area contributed by atoms with Gasteiger partial charge >= 0.3 is 0 Å². The highest BCUT2D eigenvalue weighted by molar-refractivity contribution is 7.80. The Morgan fingerprint density at radius 1 is 1.06 bits per heavy atom. The molecule has 1 aliphatic heterocycles. The van der Waals surface area contributed by atoms with Crippen molar-refractivity contribution in [1.82, 2.24) is 10.2 Å². The molecule has 0 unspecified atom stereocenters. The first-order valence-electron chi connectivity index (χ1n) is 9.99. The van der Waals surface area contributed by atoms with Crippen LogP contribution < -0.4 is 15.5 Å². The van der Waals surface area contributed by atoms with E-state index in [9.17, 15) is 9.59 Å². The summed E-state index contributed by atoms with van der Waals surface area (Å²) in [4.78, 5) is 28.5. The van der Waals surface area contributed by atoms with Gasteiger partial charge in [-0.25, -0.2) is 0 Å². The Morgan fingerprint density at radius 2 is 1.77 bits per heavy atom. The van der Waals surface area contributed by atoms with E-state index in [0.717, 1.165) is 11.3 Å². The largest absolute Gasteiger partial charge is 0.366 e. The van der Waals surface area contributed by atoms with Gasteiger partial charge in [0, 0.05) is 37.6 Å². The van der Waals surface area contributed by atoms with Gasteiger partial charge in [0.2, 0.25) is 5.91 Å². The van der Waals surface area contributed by atoms with Gasteiger partial charge in [-0.2, -0.15) is 0 Å². The number of amides is 2. The molecule has 0 aliphatic carbocycles. The highest BCUT2D eigenvalue weighted by Gasteiger charge is 2.22. The zero-order valence-corrected chi connectivity index (χ0v) is 19.7. The van der Waals surface area contributed by atoms with Crippen molar-refractivity contribution in [2.24, 2.45) is 0 Å². The van der Waals surface area contributed by atoms with E-state index in [1.54, 1.807) is 24.3 Å². The number of nitrogens with zero attached hydrogens (tertiary/aromatic N) is 2. The van der Waals surface area contributed by atoms with Crippen LogP contribution in [-0.4, -0.2) is 48.0 Å². The van der Waals surface area contributed by atoms with Crippen LogP contribution in [0, 0.1) is 6.92 Å². The minimum atomic E-state index is -0.391. The number of anilines is 2. The molecule has 9 heteroatoms. The summed E-state index contributed by atoms with van der Waals surface area (Å²) in [5.41, 5.74) is 2.90. The number of nitrogens with one attached hydrogen (secondary N) is 2. The van der Waals surface area contributed by atoms with Crippen LogP contribution >= 0.6 is 35.4 Å². The topological polar surface area (TPSA) is 64.7 Å². The Hall–Kier alpha value is -2.35. The van der Waals surface area contributed by atoms with Gasteiger partial charge in [-0.05, 0) is 55.0 Å². The Balaban J connectivity index is 1.70. The minimum absolute atomic E-state index is 0.143. The number of halogens is 2. The lowest BCUT2D eigenvalue weighted by Crippen LogP contribution is -2.48. The third-order valence-corrected chi connectivity index (χ3v) is 5.83. The molecule has 2 N–H and O–H groups in total. The fourth-order valence-electron chi connectivity index (χ4n) is 3.43. The monoisotopic (exact) mass is 478 g/mol. The summed E-state index contributed by atoms with van der Waals surface area (Å²) in [6.45, 7) is 6.47. The van der Waals surface area contributed by atoms with E-state index in [1.807, 2.05) is 30.9 Å². The van der Waals surface area contributed by atoms with Crippen LogP contribution in [-0.2, 0) is 4.79 Å². The molecular weight excluding hydrogens is 455 g/mol. The lowest BCUT2D eigenvalue weighted by molar-refractivity contribution is -0.131. The quantitative estimate of drug-likeness (QED) is 0.633. The third kappa shape index (κ3) is 5.87. The Bertz CT molecular complexity index is 1010. The zero-order chi connectivity index (χ0) is 22.5. The van der Waals surface area contributed by atoms with E-state index in [1.165, 1.54) is 0 Å². The first-order chi connectivity index (χ1) is 14.8.